The Balaban J connectivity index is 1.74. The molecule has 2 aromatic heterocycles. The number of nitrogens with one attached hydrogen (secondary N) is 1. The molecule has 0 bridgehead atoms. The van der Waals surface area contributed by atoms with Crippen molar-refractivity contribution in [2.24, 2.45) is 7.05 Å². The van der Waals surface area contributed by atoms with Crippen LogP contribution < -0.4 is 5.32 Å². The average molecular weight is 362 g/mol. The molecule has 3 rings (SSSR count). The molecule has 130 valence electrons. The molecule has 0 unspecified atom stereocenters. The fourth-order valence-electron chi connectivity index (χ4n) is 2.46. The smallest absolute Gasteiger partial charge is 0.349 e. The zero-order valence-corrected chi connectivity index (χ0v) is 13.5. The molecule has 0 radical (unpaired) electrons. The number of carbonyl (C=O) groups is 1. The van der Waals surface area contributed by atoms with Gasteiger partial charge in [-0.15, -0.1) is 0 Å². The Labute approximate surface area is 140 Å². The molecule has 1 fully saturated rings. The second-order valence-corrected chi connectivity index (χ2v) is 6.08. The highest BCUT2D eigenvalue weighted by Gasteiger charge is 2.42. The minimum atomic E-state index is -4.64. The fourth-order valence-corrected chi connectivity index (χ4v) is 2.85. The van der Waals surface area contributed by atoms with Crippen LogP contribution in [-0.4, -0.2) is 25.5 Å². The number of carbonyl (C=O) groups excluding carboxylic acids is 1. The maximum Gasteiger partial charge on any atom is 0.436 e. The van der Waals surface area contributed by atoms with Crippen LogP contribution in [0.3, 0.4) is 0 Å². The van der Waals surface area contributed by atoms with Gasteiger partial charge in [0.25, 0.3) is 0 Å². The molecule has 24 heavy (non-hydrogen) atoms. The molecule has 10 heteroatoms. The summed E-state index contributed by atoms with van der Waals surface area (Å²) in [6.07, 6.45) is -1.55. The summed E-state index contributed by atoms with van der Waals surface area (Å²) in [6, 6.07) is 1.74. The molecule has 1 aliphatic carbocycles. The summed E-state index contributed by atoms with van der Waals surface area (Å²) in [6.45, 7) is -0.0747. The minimum Gasteiger partial charge on any atom is -0.349 e. The Morgan fingerprint density at radius 3 is 2.71 bits per heavy atom. The molecule has 0 spiro atoms. The van der Waals surface area contributed by atoms with Gasteiger partial charge in [-0.1, -0.05) is 11.6 Å². The van der Waals surface area contributed by atoms with Gasteiger partial charge in [-0.3, -0.25) is 14.2 Å². The normalized spacial score (nSPS) is 14.9. The van der Waals surface area contributed by atoms with E-state index >= 15 is 0 Å². The highest BCUT2D eigenvalue weighted by atomic mass is 35.5. The SMILES string of the molecule is Cn1nccc1CNC(=O)Cn1nc(C(F)(F)F)c(Cl)c1C1CC1. The maximum absolute atomic E-state index is 13.0. The summed E-state index contributed by atoms with van der Waals surface area (Å²) in [5.41, 5.74) is -0.0644. The molecule has 1 amide bonds. The molecule has 0 aromatic carbocycles. The van der Waals surface area contributed by atoms with Gasteiger partial charge in [0.1, 0.15) is 6.54 Å². The quantitative estimate of drug-likeness (QED) is 0.889. The summed E-state index contributed by atoms with van der Waals surface area (Å²) < 4.78 is 41.6. The Morgan fingerprint density at radius 2 is 2.17 bits per heavy atom. The number of rotatable bonds is 5. The number of halogens is 4. The summed E-state index contributed by atoms with van der Waals surface area (Å²) in [5.74, 6) is -0.503. The molecule has 6 nitrogen and oxygen atoms in total. The number of aryl methyl sites for hydroxylation is 1. The number of hydrogen-bond acceptors (Lipinski definition) is 3. The van der Waals surface area contributed by atoms with Gasteiger partial charge in [0.15, 0.2) is 5.69 Å². The number of nitrogens with zero attached hydrogens (tertiary/aromatic N) is 4. The van der Waals surface area contributed by atoms with Crippen molar-refractivity contribution in [1.82, 2.24) is 24.9 Å². The Bertz CT molecular complexity index is 763. The van der Waals surface area contributed by atoms with E-state index in [0.717, 1.165) is 23.2 Å². The number of alkyl halides is 3. The molecular formula is C14H15ClF3N5O. The lowest BCUT2D eigenvalue weighted by atomic mass is 10.2. The lowest BCUT2D eigenvalue weighted by Gasteiger charge is -2.08. The highest BCUT2D eigenvalue weighted by Crippen LogP contribution is 2.46. The fraction of sp³-hybridized carbons (Fsp3) is 0.500. The van der Waals surface area contributed by atoms with Crippen molar-refractivity contribution < 1.29 is 18.0 Å². The summed E-state index contributed by atoms with van der Waals surface area (Å²) in [4.78, 5) is 12.1. The van der Waals surface area contributed by atoms with Crippen LogP contribution in [0.25, 0.3) is 0 Å². The van der Waals surface area contributed by atoms with Crippen molar-refractivity contribution in [3.8, 4) is 0 Å². The van der Waals surface area contributed by atoms with E-state index in [-0.39, 0.29) is 19.0 Å². The van der Waals surface area contributed by atoms with Gasteiger partial charge in [0.05, 0.1) is 23.0 Å². The van der Waals surface area contributed by atoms with E-state index in [1.807, 2.05) is 0 Å². The van der Waals surface area contributed by atoms with Gasteiger partial charge in [0, 0.05) is 19.2 Å². The standard InChI is InChI=1S/C14H15ClF3N5O/c1-22-9(4-5-20-22)6-19-10(24)7-23-12(8-2-3-8)11(15)13(21-23)14(16,17)18/h4-5,8H,2-3,6-7H2,1H3,(H,19,24). The molecule has 1 N–H and O–H groups in total. The van der Waals surface area contributed by atoms with Gasteiger partial charge in [-0.25, -0.2) is 0 Å². The van der Waals surface area contributed by atoms with Gasteiger partial charge in [-0.2, -0.15) is 23.4 Å². The van der Waals surface area contributed by atoms with E-state index in [2.05, 4.69) is 15.5 Å². The van der Waals surface area contributed by atoms with E-state index < -0.39 is 22.8 Å². The third-order valence-electron chi connectivity index (χ3n) is 3.85. The van der Waals surface area contributed by atoms with Crippen LogP contribution >= 0.6 is 11.6 Å². The van der Waals surface area contributed by atoms with Crippen LogP contribution in [0.2, 0.25) is 5.02 Å². The predicted molar refractivity (Wildman–Crippen MR) is 79.3 cm³/mol. The van der Waals surface area contributed by atoms with Crippen LogP contribution in [0, 0.1) is 0 Å². The van der Waals surface area contributed by atoms with E-state index in [4.69, 9.17) is 11.6 Å². The lowest BCUT2D eigenvalue weighted by molar-refractivity contribution is -0.141. The molecule has 1 aliphatic rings. The van der Waals surface area contributed by atoms with E-state index in [9.17, 15) is 18.0 Å². The van der Waals surface area contributed by atoms with Crippen LogP contribution in [0.15, 0.2) is 12.3 Å². The highest BCUT2D eigenvalue weighted by molar-refractivity contribution is 6.32. The largest absolute Gasteiger partial charge is 0.436 e. The van der Waals surface area contributed by atoms with Crippen molar-refractivity contribution >= 4 is 17.5 Å². The van der Waals surface area contributed by atoms with Gasteiger partial charge in [-0.05, 0) is 18.9 Å². The summed E-state index contributed by atoms with van der Waals surface area (Å²) in [7, 11) is 1.73. The second kappa shape index (κ2) is 6.12. The van der Waals surface area contributed by atoms with Gasteiger partial charge in [0.2, 0.25) is 5.91 Å². The Hall–Kier alpha value is -2.03. The first-order valence-corrected chi connectivity index (χ1v) is 7.72. The Morgan fingerprint density at radius 1 is 1.46 bits per heavy atom. The average Bonchev–Trinajstić information content (AvgIpc) is 3.14. The Kier molecular flexibility index (Phi) is 4.29. The van der Waals surface area contributed by atoms with E-state index in [1.165, 1.54) is 0 Å². The van der Waals surface area contributed by atoms with Crippen molar-refractivity contribution in [3.05, 3.63) is 34.4 Å². The molecule has 0 atom stereocenters. The molecule has 0 saturated heterocycles. The lowest BCUT2D eigenvalue weighted by Crippen LogP contribution is -2.29. The molecule has 2 heterocycles. The van der Waals surface area contributed by atoms with E-state index in [0.29, 0.717) is 5.69 Å². The number of hydrogen-bond donors (Lipinski definition) is 1. The zero-order valence-electron chi connectivity index (χ0n) is 12.8. The monoisotopic (exact) mass is 361 g/mol. The third-order valence-corrected chi connectivity index (χ3v) is 4.22. The second-order valence-electron chi connectivity index (χ2n) is 5.70. The van der Waals surface area contributed by atoms with Crippen LogP contribution in [-0.2, 0) is 31.1 Å². The van der Waals surface area contributed by atoms with Crippen molar-refractivity contribution in [1.29, 1.82) is 0 Å². The number of aromatic nitrogens is 4. The van der Waals surface area contributed by atoms with Crippen LogP contribution in [0.4, 0.5) is 13.2 Å². The maximum atomic E-state index is 13.0. The van der Waals surface area contributed by atoms with Crippen LogP contribution in [0.5, 0.6) is 0 Å². The van der Waals surface area contributed by atoms with Gasteiger partial charge < -0.3 is 5.32 Å². The summed E-state index contributed by atoms with van der Waals surface area (Å²) >= 11 is 5.87. The van der Waals surface area contributed by atoms with E-state index in [1.54, 1.807) is 24.0 Å². The molecular weight excluding hydrogens is 347 g/mol. The topological polar surface area (TPSA) is 64.7 Å². The minimum absolute atomic E-state index is 0.0639. The first kappa shape index (κ1) is 16.8. The van der Waals surface area contributed by atoms with Crippen molar-refractivity contribution in [3.63, 3.8) is 0 Å². The number of amides is 1. The van der Waals surface area contributed by atoms with Crippen molar-refractivity contribution in [2.45, 2.75) is 38.0 Å². The first-order valence-electron chi connectivity index (χ1n) is 7.34. The van der Waals surface area contributed by atoms with Crippen LogP contribution in [0.1, 0.15) is 35.8 Å². The first-order chi connectivity index (χ1) is 11.3. The van der Waals surface area contributed by atoms with Gasteiger partial charge >= 0.3 is 6.18 Å². The van der Waals surface area contributed by atoms with Crippen molar-refractivity contribution in [2.75, 3.05) is 0 Å². The third kappa shape index (κ3) is 3.40. The zero-order chi connectivity index (χ0) is 17.5. The molecule has 0 aliphatic heterocycles. The predicted octanol–water partition coefficient (Wildman–Crippen LogP) is 2.48. The molecule has 2 aromatic rings. The molecule has 1 saturated carbocycles. The summed E-state index contributed by atoms with van der Waals surface area (Å²) in [5, 5.41) is 9.74.